The molecule has 4 saturated heterocycles. The zero-order chi connectivity index (χ0) is 18.4. The van der Waals surface area contributed by atoms with Crippen LogP contribution in [-0.4, -0.2) is 82.2 Å². The number of rotatable bonds is 5. The Bertz CT molecular complexity index is 767. The molecule has 4 aliphatic rings. The van der Waals surface area contributed by atoms with Gasteiger partial charge < -0.3 is 15.1 Å². The SMILES string of the molecule is CS(=O)(=O)NCC(=O)N[C@@H]1C2CN3CCN(C2)CC1(c1ccccc1)C3. The average Bonchev–Trinajstić information content (AvgIpc) is 2.85. The first-order valence-electron chi connectivity index (χ1n) is 9.10. The van der Waals surface area contributed by atoms with Crippen molar-refractivity contribution in [2.24, 2.45) is 5.92 Å². The Morgan fingerprint density at radius 1 is 1.15 bits per heavy atom. The summed E-state index contributed by atoms with van der Waals surface area (Å²) in [5.74, 6) is 0.0919. The molecule has 142 valence electrons. The molecule has 2 unspecified atom stereocenters. The van der Waals surface area contributed by atoms with E-state index in [0.717, 1.165) is 45.5 Å². The summed E-state index contributed by atoms with van der Waals surface area (Å²) in [4.78, 5) is 17.5. The number of piperidine rings is 2. The highest BCUT2D eigenvalue weighted by Crippen LogP contribution is 2.43. The van der Waals surface area contributed by atoms with Gasteiger partial charge in [-0.1, -0.05) is 30.3 Å². The first-order chi connectivity index (χ1) is 12.4. The van der Waals surface area contributed by atoms with Gasteiger partial charge in [-0.05, 0) is 5.56 Å². The molecule has 4 aliphatic heterocycles. The van der Waals surface area contributed by atoms with Gasteiger partial charge in [-0.3, -0.25) is 4.79 Å². The van der Waals surface area contributed by atoms with Crippen molar-refractivity contribution in [3.05, 3.63) is 35.9 Å². The summed E-state index contributed by atoms with van der Waals surface area (Å²) in [7, 11) is -3.38. The van der Waals surface area contributed by atoms with Gasteiger partial charge in [0.25, 0.3) is 0 Å². The number of benzene rings is 1. The summed E-state index contributed by atoms with van der Waals surface area (Å²) < 4.78 is 24.9. The van der Waals surface area contributed by atoms with Crippen LogP contribution in [0.4, 0.5) is 0 Å². The van der Waals surface area contributed by atoms with Gasteiger partial charge in [0.2, 0.25) is 15.9 Å². The molecule has 7 nitrogen and oxygen atoms in total. The topological polar surface area (TPSA) is 81.7 Å². The number of hydrogen-bond acceptors (Lipinski definition) is 5. The Kier molecular flexibility index (Phi) is 4.54. The lowest BCUT2D eigenvalue weighted by molar-refractivity contribution is -0.123. The summed E-state index contributed by atoms with van der Waals surface area (Å²) in [5, 5.41) is 3.18. The monoisotopic (exact) mass is 378 g/mol. The van der Waals surface area contributed by atoms with Crippen molar-refractivity contribution in [3.63, 3.8) is 0 Å². The molecule has 0 aromatic heterocycles. The molecule has 5 rings (SSSR count). The number of nitrogens with one attached hydrogen (secondary N) is 2. The van der Waals surface area contributed by atoms with Crippen LogP contribution in [0.5, 0.6) is 0 Å². The fourth-order valence-corrected chi connectivity index (χ4v) is 5.38. The summed E-state index contributed by atoms with van der Waals surface area (Å²) in [6.07, 6.45) is 1.07. The summed E-state index contributed by atoms with van der Waals surface area (Å²) in [5.41, 5.74) is 1.10. The number of amides is 1. The van der Waals surface area contributed by atoms with E-state index in [4.69, 9.17) is 0 Å². The van der Waals surface area contributed by atoms with Gasteiger partial charge in [0.15, 0.2) is 0 Å². The Balaban J connectivity index is 1.63. The maximum Gasteiger partial charge on any atom is 0.235 e. The molecule has 0 aliphatic carbocycles. The lowest BCUT2D eigenvalue weighted by atomic mass is 9.64. The van der Waals surface area contributed by atoms with Crippen LogP contribution in [0.1, 0.15) is 5.56 Å². The Morgan fingerprint density at radius 3 is 2.35 bits per heavy atom. The molecule has 4 heterocycles. The lowest BCUT2D eigenvalue weighted by Crippen LogP contribution is -2.71. The van der Waals surface area contributed by atoms with Gasteiger partial charge in [0.05, 0.1) is 12.8 Å². The molecule has 4 fully saturated rings. The van der Waals surface area contributed by atoms with E-state index in [9.17, 15) is 13.2 Å². The molecular weight excluding hydrogens is 352 g/mol. The minimum atomic E-state index is -3.38. The molecule has 2 N–H and O–H groups in total. The molecule has 1 aromatic carbocycles. The number of carbonyl (C=O) groups excluding carboxylic acids is 1. The fourth-order valence-electron chi connectivity index (χ4n) is 4.99. The molecule has 3 atom stereocenters. The van der Waals surface area contributed by atoms with E-state index in [2.05, 4.69) is 44.1 Å². The predicted molar refractivity (Wildman–Crippen MR) is 99.3 cm³/mol. The highest BCUT2D eigenvalue weighted by molar-refractivity contribution is 7.88. The van der Waals surface area contributed by atoms with Crippen LogP contribution in [0.3, 0.4) is 0 Å². The van der Waals surface area contributed by atoms with Crippen LogP contribution in [0, 0.1) is 5.92 Å². The smallest absolute Gasteiger partial charge is 0.235 e. The minimum Gasteiger partial charge on any atom is -0.351 e. The first-order valence-corrected chi connectivity index (χ1v) is 11.0. The van der Waals surface area contributed by atoms with Crippen molar-refractivity contribution in [1.82, 2.24) is 19.8 Å². The van der Waals surface area contributed by atoms with E-state index < -0.39 is 10.0 Å². The van der Waals surface area contributed by atoms with Crippen LogP contribution in [0.25, 0.3) is 0 Å². The van der Waals surface area contributed by atoms with Gasteiger partial charge in [0.1, 0.15) is 0 Å². The quantitative estimate of drug-likeness (QED) is 0.703. The molecule has 26 heavy (non-hydrogen) atoms. The molecular formula is C18H26N4O3S. The fraction of sp³-hybridized carbons (Fsp3) is 0.611. The molecule has 0 spiro atoms. The van der Waals surface area contributed by atoms with Crippen molar-refractivity contribution < 1.29 is 13.2 Å². The van der Waals surface area contributed by atoms with Gasteiger partial charge >= 0.3 is 0 Å². The molecule has 1 aromatic rings. The lowest BCUT2D eigenvalue weighted by Gasteiger charge is -2.55. The van der Waals surface area contributed by atoms with E-state index in [-0.39, 0.29) is 23.9 Å². The predicted octanol–water partition coefficient (Wildman–Crippen LogP) is -0.781. The van der Waals surface area contributed by atoms with Crippen molar-refractivity contribution in [2.45, 2.75) is 11.5 Å². The standard InChI is InChI=1S/C18H26N4O3S/c1-26(24,25)19-9-16(23)20-17-14-10-21-7-8-22(11-14)13-18(17,12-21)15-5-3-2-4-6-15/h2-6,14,17,19H,7-13H2,1H3,(H,20,23)/t14?,17-,18?/m1/s1. The number of nitrogens with zero attached hydrogens (tertiary/aromatic N) is 2. The maximum atomic E-state index is 12.5. The van der Waals surface area contributed by atoms with Gasteiger partial charge in [-0.25, -0.2) is 13.1 Å². The van der Waals surface area contributed by atoms with Crippen LogP contribution >= 0.6 is 0 Å². The van der Waals surface area contributed by atoms with Crippen molar-refractivity contribution >= 4 is 15.9 Å². The zero-order valence-electron chi connectivity index (χ0n) is 15.0. The maximum absolute atomic E-state index is 12.5. The second-order valence-electron chi connectivity index (χ2n) is 7.89. The van der Waals surface area contributed by atoms with Gasteiger partial charge in [0, 0.05) is 56.6 Å². The van der Waals surface area contributed by atoms with E-state index >= 15 is 0 Å². The Morgan fingerprint density at radius 2 is 1.77 bits per heavy atom. The molecule has 4 bridgehead atoms. The number of fused-ring (bicyclic) bond motifs is 1. The van der Waals surface area contributed by atoms with Crippen LogP contribution < -0.4 is 10.0 Å². The molecule has 0 saturated carbocycles. The third kappa shape index (κ3) is 3.38. The van der Waals surface area contributed by atoms with E-state index in [1.165, 1.54) is 5.56 Å². The second-order valence-corrected chi connectivity index (χ2v) is 9.72. The van der Waals surface area contributed by atoms with Gasteiger partial charge in [-0.2, -0.15) is 0 Å². The third-order valence-electron chi connectivity index (χ3n) is 5.96. The van der Waals surface area contributed by atoms with Crippen molar-refractivity contribution in [2.75, 3.05) is 52.1 Å². The normalized spacial score (nSPS) is 35.9. The van der Waals surface area contributed by atoms with E-state index in [1.54, 1.807) is 0 Å². The third-order valence-corrected chi connectivity index (χ3v) is 6.62. The van der Waals surface area contributed by atoms with Crippen LogP contribution in [-0.2, 0) is 20.2 Å². The summed E-state index contributed by atoms with van der Waals surface area (Å²) in [6.45, 7) is 5.75. The minimum absolute atomic E-state index is 0.0179. The zero-order valence-corrected chi connectivity index (χ0v) is 15.8. The average molecular weight is 378 g/mol. The molecule has 8 heteroatoms. The van der Waals surface area contributed by atoms with Crippen LogP contribution in [0.2, 0.25) is 0 Å². The van der Waals surface area contributed by atoms with Crippen LogP contribution in [0.15, 0.2) is 30.3 Å². The van der Waals surface area contributed by atoms with Gasteiger partial charge in [-0.15, -0.1) is 0 Å². The number of carbonyl (C=O) groups is 1. The summed E-state index contributed by atoms with van der Waals surface area (Å²) in [6, 6.07) is 10.5. The summed E-state index contributed by atoms with van der Waals surface area (Å²) >= 11 is 0. The highest BCUT2D eigenvalue weighted by Gasteiger charge is 2.55. The molecule has 1 amide bonds. The van der Waals surface area contributed by atoms with Crippen molar-refractivity contribution in [3.8, 4) is 0 Å². The first kappa shape index (κ1) is 17.9. The number of sulfonamides is 1. The Labute approximate surface area is 154 Å². The number of hydrogen-bond donors (Lipinski definition) is 2. The van der Waals surface area contributed by atoms with E-state index in [0.29, 0.717) is 5.92 Å². The molecule has 0 radical (unpaired) electrons. The second kappa shape index (κ2) is 6.60. The van der Waals surface area contributed by atoms with E-state index in [1.807, 2.05) is 6.07 Å². The largest absolute Gasteiger partial charge is 0.351 e. The van der Waals surface area contributed by atoms with Crippen molar-refractivity contribution in [1.29, 1.82) is 0 Å². The highest BCUT2D eigenvalue weighted by atomic mass is 32.2. The Hall–Kier alpha value is -1.48.